The summed E-state index contributed by atoms with van der Waals surface area (Å²) in [6, 6.07) is 7.47. The van der Waals surface area contributed by atoms with Crippen LogP contribution in [0.25, 0.3) is 0 Å². The van der Waals surface area contributed by atoms with Gasteiger partial charge in [0.2, 0.25) is 0 Å². The van der Waals surface area contributed by atoms with Crippen LogP contribution in [0.3, 0.4) is 0 Å². The molecule has 1 heterocycles. The van der Waals surface area contributed by atoms with E-state index in [1.165, 1.54) is 11.3 Å². The summed E-state index contributed by atoms with van der Waals surface area (Å²) in [6.45, 7) is 0.605. The second-order valence-corrected chi connectivity index (χ2v) is 5.36. The van der Waals surface area contributed by atoms with Crippen molar-refractivity contribution < 1.29 is 9.47 Å². The van der Waals surface area contributed by atoms with Gasteiger partial charge in [-0.25, -0.2) is 0 Å². The predicted molar refractivity (Wildman–Crippen MR) is 80.9 cm³/mol. The van der Waals surface area contributed by atoms with Gasteiger partial charge in [0.15, 0.2) is 0 Å². The van der Waals surface area contributed by atoms with Crippen molar-refractivity contribution in [3.63, 3.8) is 0 Å². The summed E-state index contributed by atoms with van der Waals surface area (Å²) in [5.74, 6) is 1.23. The number of hydrogen-bond donors (Lipinski definition) is 1. The van der Waals surface area contributed by atoms with Gasteiger partial charge < -0.3 is 14.8 Å². The van der Waals surface area contributed by atoms with Gasteiger partial charge in [-0.1, -0.05) is 11.6 Å². The fraction of sp³-hybridized carbons (Fsp3) is 0.214. The summed E-state index contributed by atoms with van der Waals surface area (Å²) >= 11 is 7.59. The molecule has 1 N–H and O–H groups in total. The topological polar surface area (TPSA) is 54.3 Å². The van der Waals surface area contributed by atoms with E-state index in [0.29, 0.717) is 28.6 Å². The first kappa shape index (κ1) is 14.5. The second kappa shape index (κ2) is 6.51. The third-order valence-electron chi connectivity index (χ3n) is 2.71. The lowest BCUT2D eigenvalue weighted by Crippen LogP contribution is -2.01. The van der Waals surface area contributed by atoms with Gasteiger partial charge in [0.25, 0.3) is 0 Å². The average Bonchev–Trinajstić information content (AvgIpc) is 2.93. The minimum absolute atomic E-state index is 0.498. The first-order valence-corrected chi connectivity index (χ1v) is 7.06. The van der Waals surface area contributed by atoms with Gasteiger partial charge >= 0.3 is 0 Å². The number of methoxy groups -OCH3 is 2. The zero-order valence-electron chi connectivity index (χ0n) is 11.1. The van der Waals surface area contributed by atoms with E-state index in [1.54, 1.807) is 26.4 Å². The van der Waals surface area contributed by atoms with Crippen LogP contribution in [0.1, 0.15) is 10.4 Å². The predicted octanol–water partition coefficient (Wildman–Crippen LogP) is 3.90. The Bertz CT molecular complexity index is 649. The van der Waals surface area contributed by atoms with Crippen LogP contribution in [0.4, 0.5) is 5.69 Å². The minimum atomic E-state index is 0.498. The second-order valence-electron chi connectivity index (χ2n) is 3.95. The highest BCUT2D eigenvalue weighted by Gasteiger charge is 2.10. The Morgan fingerprint density at radius 2 is 2.00 bits per heavy atom. The van der Waals surface area contributed by atoms with Crippen LogP contribution in [0.5, 0.6) is 11.5 Å². The maximum atomic E-state index is 8.80. The largest absolute Gasteiger partial charge is 0.495 e. The van der Waals surface area contributed by atoms with Crippen LogP contribution in [0.15, 0.2) is 23.6 Å². The van der Waals surface area contributed by atoms with Crippen LogP contribution in [0, 0.1) is 11.3 Å². The Morgan fingerprint density at radius 1 is 1.25 bits per heavy atom. The zero-order valence-corrected chi connectivity index (χ0v) is 12.6. The van der Waals surface area contributed by atoms with Crippen molar-refractivity contribution in [1.82, 2.24) is 0 Å². The number of thiophene rings is 1. The lowest BCUT2D eigenvalue weighted by Gasteiger charge is -2.13. The summed E-state index contributed by atoms with van der Waals surface area (Å²) < 4.78 is 10.5. The molecule has 6 heteroatoms. The van der Waals surface area contributed by atoms with Gasteiger partial charge in [-0.15, -0.1) is 11.3 Å². The highest BCUT2D eigenvalue weighted by atomic mass is 35.5. The molecule has 0 aliphatic rings. The molecule has 0 unspecified atom stereocenters. The Hall–Kier alpha value is -1.90. The molecule has 0 saturated heterocycles. The maximum Gasteiger partial charge on any atom is 0.143 e. The zero-order chi connectivity index (χ0) is 14.5. The highest BCUT2D eigenvalue weighted by molar-refractivity contribution is 7.10. The first-order chi connectivity index (χ1) is 9.67. The molecule has 104 valence electrons. The molecule has 0 aliphatic carbocycles. The molecule has 0 aliphatic heterocycles. The number of anilines is 1. The van der Waals surface area contributed by atoms with E-state index in [1.807, 2.05) is 11.4 Å². The Kier molecular flexibility index (Phi) is 4.72. The van der Waals surface area contributed by atoms with Crippen molar-refractivity contribution in [2.75, 3.05) is 19.5 Å². The molecule has 2 aromatic rings. The molecule has 0 fully saturated rings. The number of halogens is 1. The molecular formula is C14H13ClN2O2S. The van der Waals surface area contributed by atoms with Gasteiger partial charge in [-0.3, -0.25) is 0 Å². The third kappa shape index (κ3) is 3.16. The number of hydrogen-bond acceptors (Lipinski definition) is 5. The molecule has 20 heavy (non-hydrogen) atoms. The molecule has 0 saturated carbocycles. The van der Waals surface area contributed by atoms with Gasteiger partial charge in [-0.05, 0) is 6.07 Å². The summed E-state index contributed by atoms with van der Waals surface area (Å²) in [5.41, 5.74) is 1.47. The van der Waals surface area contributed by atoms with E-state index in [2.05, 4.69) is 11.4 Å². The van der Waals surface area contributed by atoms with E-state index in [9.17, 15) is 0 Å². The van der Waals surface area contributed by atoms with Crippen LogP contribution in [0.2, 0.25) is 5.02 Å². The van der Waals surface area contributed by atoms with Gasteiger partial charge in [0.05, 0.1) is 30.5 Å². The molecule has 0 bridgehead atoms. The number of nitrogens with one attached hydrogen (secondary N) is 1. The van der Waals surface area contributed by atoms with Gasteiger partial charge in [0.1, 0.15) is 17.6 Å². The van der Waals surface area contributed by atoms with Crippen molar-refractivity contribution >= 4 is 28.6 Å². The smallest absolute Gasteiger partial charge is 0.143 e. The molecular weight excluding hydrogens is 296 g/mol. The monoisotopic (exact) mass is 308 g/mol. The molecule has 0 amide bonds. The standard InChI is InChI=1S/C14H13ClN2O2S/c1-18-13-5-12(14(19-2)4-11(13)15)17-7-10-3-9(6-16)8-20-10/h3-5,8,17H,7H2,1-2H3. The number of nitriles is 1. The van der Waals surface area contributed by atoms with Crippen LogP contribution >= 0.6 is 22.9 Å². The molecule has 2 rings (SSSR count). The van der Waals surface area contributed by atoms with E-state index in [0.717, 1.165) is 10.6 Å². The summed E-state index contributed by atoms with van der Waals surface area (Å²) in [5, 5.41) is 14.4. The van der Waals surface area contributed by atoms with Crippen LogP contribution in [-0.4, -0.2) is 14.2 Å². The third-order valence-corrected chi connectivity index (χ3v) is 3.94. The van der Waals surface area contributed by atoms with Crippen molar-refractivity contribution in [1.29, 1.82) is 5.26 Å². The highest BCUT2D eigenvalue weighted by Crippen LogP contribution is 2.36. The van der Waals surface area contributed by atoms with Crippen molar-refractivity contribution in [3.8, 4) is 17.6 Å². The molecule has 0 radical (unpaired) electrons. The maximum absolute atomic E-state index is 8.80. The SMILES string of the molecule is COc1cc(NCc2cc(C#N)cs2)c(OC)cc1Cl. The van der Waals surface area contributed by atoms with Crippen LogP contribution < -0.4 is 14.8 Å². The normalized spacial score (nSPS) is 9.90. The number of nitrogens with zero attached hydrogens (tertiary/aromatic N) is 1. The van der Waals surface area contributed by atoms with E-state index < -0.39 is 0 Å². The molecule has 1 aromatic carbocycles. The van der Waals surface area contributed by atoms with E-state index in [4.69, 9.17) is 26.3 Å². The fourth-order valence-corrected chi connectivity index (χ4v) is 2.69. The number of benzene rings is 1. The summed E-state index contributed by atoms with van der Waals surface area (Å²) in [4.78, 5) is 1.07. The minimum Gasteiger partial charge on any atom is -0.495 e. The Balaban J connectivity index is 2.17. The molecule has 0 spiro atoms. The average molecular weight is 309 g/mol. The van der Waals surface area contributed by atoms with Crippen molar-refractivity contribution in [2.45, 2.75) is 6.54 Å². The Morgan fingerprint density at radius 3 is 2.60 bits per heavy atom. The summed E-state index contributed by atoms with van der Waals surface area (Å²) in [7, 11) is 3.15. The van der Waals surface area contributed by atoms with Crippen molar-refractivity contribution in [3.05, 3.63) is 39.0 Å². The molecule has 1 aromatic heterocycles. The van der Waals surface area contributed by atoms with Gasteiger partial charge in [0, 0.05) is 28.9 Å². The molecule has 4 nitrogen and oxygen atoms in total. The van der Waals surface area contributed by atoms with E-state index >= 15 is 0 Å². The van der Waals surface area contributed by atoms with Crippen molar-refractivity contribution in [2.24, 2.45) is 0 Å². The lowest BCUT2D eigenvalue weighted by atomic mass is 10.2. The Labute approximate surface area is 126 Å². The fourth-order valence-electron chi connectivity index (χ4n) is 1.71. The number of ether oxygens (including phenoxy) is 2. The van der Waals surface area contributed by atoms with Crippen LogP contribution in [-0.2, 0) is 6.54 Å². The summed E-state index contributed by atoms with van der Waals surface area (Å²) in [6.07, 6.45) is 0. The lowest BCUT2D eigenvalue weighted by molar-refractivity contribution is 0.404. The molecule has 0 atom stereocenters. The quantitative estimate of drug-likeness (QED) is 0.910. The number of rotatable bonds is 5. The van der Waals surface area contributed by atoms with Gasteiger partial charge in [-0.2, -0.15) is 5.26 Å². The first-order valence-electron chi connectivity index (χ1n) is 5.80. The van der Waals surface area contributed by atoms with E-state index in [-0.39, 0.29) is 0 Å².